The van der Waals surface area contributed by atoms with Crippen LogP contribution < -0.4 is 4.90 Å². The minimum Gasteiger partial charge on any atom is -0.378 e. The number of benzene rings is 1. The average Bonchev–Trinajstić information content (AvgIpc) is 2.50. The van der Waals surface area contributed by atoms with Crippen molar-refractivity contribution in [1.82, 2.24) is 15.0 Å². The largest absolute Gasteiger partial charge is 0.378 e. The molecule has 0 amide bonds. The molecule has 2 heterocycles. The maximum atomic E-state index is 5.39. The van der Waals surface area contributed by atoms with Crippen LogP contribution in [0.4, 0.5) is 5.95 Å². The standard InChI is InChI=1S/C16H20N4O/c1-11-4-5-12(2)14(10-11)15-17-13(3)18-16(19-15)20-6-8-21-9-7-20/h4-5,10H,6-9H2,1-3H3. The van der Waals surface area contributed by atoms with Crippen molar-refractivity contribution in [3.63, 3.8) is 0 Å². The fraction of sp³-hybridized carbons (Fsp3) is 0.438. The van der Waals surface area contributed by atoms with Gasteiger partial charge >= 0.3 is 0 Å². The molecule has 110 valence electrons. The van der Waals surface area contributed by atoms with Gasteiger partial charge < -0.3 is 9.64 Å². The zero-order chi connectivity index (χ0) is 14.8. The topological polar surface area (TPSA) is 51.1 Å². The van der Waals surface area contributed by atoms with E-state index in [2.05, 4.69) is 51.9 Å². The van der Waals surface area contributed by atoms with Crippen LogP contribution in [-0.4, -0.2) is 41.3 Å². The summed E-state index contributed by atoms with van der Waals surface area (Å²) in [5, 5.41) is 0. The number of hydrogen-bond donors (Lipinski definition) is 0. The van der Waals surface area contributed by atoms with E-state index in [1.807, 2.05) is 6.92 Å². The number of ether oxygens (including phenoxy) is 1. The van der Waals surface area contributed by atoms with Gasteiger partial charge in [0.05, 0.1) is 13.2 Å². The van der Waals surface area contributed by atoms with Gasteiger partial charge in [-0.25, -0.2) is 4.98 Å². The van der Waals surface area contributed by atoms with Crippen molar-refractivity contribution in [2.75, 3.05) is 31.2 Å². The van der Waals surface area contributed by atoms with Crippen molar-refractivity contribution in [3.8, 4) is 11.4 Å². The number of aromatic nitrogens is 3. The van der Waals surface area contributed by atoms with Crippen LogP contribution >= 0.6 is 0 Å². The third kappa shape index (κ3) is 3.03. The molecule has 0 spiro atoms. The van der Waals surface area contributed by atoms with Gasteiger partial charge in [-0.1, -0.05) is 17.7 Å². The van der Waals surface area contributed by atoms with Crippen LogP contribution in [-0.2, 0) is 4.74 Å². The van der Waals surface area contributed by atoms with Crippen LogP contribution in [0.15, 0.2) is 18.2 Å². The summed E-state index contributed by atoms with van der Waals surface area (Å²) in [7, 11) is 0. The van der Waals surface area contributed by atoms with Crippen LogP contribution in [0.3, 0.4) is 0 Å². The van der Waals surface area contributed by atoms with E-state index in [1.54, 1.807) is 0 Å². The summed E-state index contributed by atoms with van der Waals surface area (Å²) in [6, 6.07) is 6.35. The Bertz CT molecular complexity index is 651. The van der Waals surface area contributed by atoms with Crippen LogP contribution in [0.2, 0.25) is 0 Å². The van der Waals surface area contributed by atoms with Crippen LogP contribution in [0.5, 0.6) is 0 Å². The summed E-state index contributed by atoms with van der Waals surface area (Å²) in [4.78, 5) is 15.8. The zero-order valence-electron chi connectivity index (χ0n) is 12.8. The molecule has 1 fully saturated rings. The first-order valence-corrected chi connectivity index (χ1v) is 7.26. The predicted octanol–water partition coefficient (Wildman–Crippen LogP) is 2.30. The lowest BCUT2D eigenvalue weighted by Crippen LogP contribution is -2.37. The highest BCUT2D eigenvalue weighted by atomic mass is 16.5. The number of rotatable bonds is 2. The second kappa shape index (κ2) is 5.77. The summed E-state index contributed by atoms with van der Waals surface area (Å²) in [6.07, 6.45) is 0. The zero-order valence-corrected chi connectivity index (χ0v) is 12.8. The molecular weight excluding hydrogens is 264 g/mol. The van der Waals surface area contributed by atoms with Crippen molar-refractivity contribution in [3.05, 3.63) is 35.2 Å². The lowest BCUT2D eigenvalue weighted by molar-refractivity contribution is 0.122. The van der Waals surface area contributed by atoms with Gasteiger partial charge in [-0.05, 0) is 32.4 Å². The first kappa shape index (κ1) is 13.9. The molecule has 0 atom stereocenters. The van der Waals surface area contributed by atoms with Crippen molar-refractivity contribution < 1.29 is 4.74 Å². The molecule has 1 aromatic heterocycles. The maximum absolute atomic E-state index is 5.39. The van der Waals surface area contributed by atoms with Crippen molar-refractivity contribution in [2.45, 2.75) is 20.8 Å². The molecule has 1 aliphatic rings. The highest BCUT2D eigenvalue weighted by Gasteiger charge is 2.16. The van der Waals surface area contributed by atoms with Crippen molar-refractivity contribution >= 4 is 5.95 Å². The Morgan fingerprint density at radius 3 is 2.52 bits per heavy atom. The van der Waals surface area contributed by atoms with E-state index in [1.165, 1.54) is 11.1 Å². The summed E-state index contributed by atoms with van der Waals surface area (Å²) in [5.41, 5.74) is 3.47. The van der Waals surface area contributed by atoms with Crippen LogP contribution in [0, 0.1) is 20.8 Å². The van der Waals surface area contributed by atoms with E-state index in [4.69, 9.17) is 4.74 Å². The second-order valence-corrected chi connectivity index (χ2v) is 5.42. The third-order valence-electron chi connectivity index (χ3n) is 3.66. The summed E-state index contributed by atoms with van der Waals surface area (Å²) < 4.78 is 5.39. The Kier molecular flexibility index (Phi) is 3.84. The van der Waals surface area contributed by atoms with Gasteiger partial charge in [-0.15, -0.1) is 0 Å². The maximum Gasteiger partial charge on any atom is 0.229 e. The summed E-state index contributed by atoms with van der Waals surface area (Å²) >= 11 is 0. The molecule has 5 nitrogen and oxygen atoms in total. The highest BCUT2D eigenvalue weighted by molar-refractivity contribution is 5.62. The minimum absolute atomic E-state index is 0.726. The van der Waals surface area contributed by atoms with Crippen LogP contribution in [0.1, 0.15) is 17.0 Å². The molecule has 5 heteroatoms. The molecule has 0 aliphatic carbocycles. The molecule has 0 bridgehead atoms. The molecule has 0 N–H and O–H groups in total. The molecular formula is C16H20N4O. The first-order valence-electron chi connectivity index (χ1n) is 7.26. The van der Waals surface area contributed by atoms with Gasteiger partial charge in [-0.2, -0.15) is 9.97 Å². The Morgan fingerprint density at radius 1 is 1.00 bits per heavy atom. The lowest BCUT2D eigenvalue weighted by Gasteiger charge is -2.27. The number of nitrogens with zero attached hydrogens (tertiary/aromatic N) is 4. The number of hydrogen-bond acceptors (Lipinski definition) is 5. The predicted molar refractivity (Wildman–Crippen MR) is 82.5 cm³/mol. The second-order valence-electron chi connectivity index (χ2n) is 5.42. The molecule has 2 aromatic rings. The molecule has 1 aromatic carbocycles. The minimum atomic E-state index is 0.726. The van der Waals surface area contributed by atoms with Gasteiger partial charge in [0.25, 0.3) is 0 Å². The van der Waals surface area contributed by atoms with Crippen LogP contribution in [0.25, 0.3) is 11.4 Å². The first-order chi connectivity index (χ1) is 10.1. The average molecular weight is 284 g/mol. The third-order valence-corrected chi connectivity index (χ3v) is 3.66. The molecule has 0 saturated carbocycles. The normalized spacial score (nSPS) is 15.3. The smallest absolute Gasteiger partial charge is 0.229 e. The number of aryl methyl sites for hydroxylation is 3. The molecule has 21 heavy (non-hydrogen) atoms. The van der Waals surface area contributed by atoms with E-state index < -0.39 is 0 Å². The van der Waals surface area contributed by atoms with Crippen molar-refractivity contribution in [2.24, 2.45) is 0 Å². The van der Waals surface area contributed by atoms with Crippen molar-refractivity contribution in [1.29, 1.82) is 0 Å². The Morgan fingerprint density at radius 2 is 1.76 bits per heavy atom. The summed E-state index contributed by atoms with van der Waals surface area (Å²) in [5.74, 6) is 2.26. The molecule has 0 radical (unpaired) electrons. The number of morpholine rings is 1. The van der Waals surface area contributed by atoms with Gasteiger partial charge in [0.15, 0.2) is 5.82 Å². The molecule has 1 saturated heterocycles. The number of anilines is 1. The van der Waals surface area contributed by atoms with Gasteiger partial charge in [0.2, 0.25) is 5.95 Å². The van der Waals surface area contributed by atoms with E-state index in [0.29, 0.717) is 0 Å². The molecule has 0 unspecified atom stereocenters. The Hall–Kier alpha value is -2.01. The van der Waals surface area contributed by atoms with E-state index >= 15 is 0 Å². The van der Waals surface area contributed by atoms with E-state index in [9.17, 15) is 0 Å². The lowest BCUT2D eigenvalue weighted by atomic mass is 10.1. The summed E-state index contributed by atoms with van der Waals surface area (Å²) in [6.45, 7) is 9.20. The molecule has 3 rings (SSSR count). The highest BCUT2D eigenvalue weighted by Crippen LogP contribution is 2.23. The SMILES string of the molecule is Cc1ccc(C)c(-c2nc(C)nc(N3CCOCC3)n2)c1. The fourth-order valence-electron chi connectivity index (χ4n) is 2.47. The fourth-order valence-corrected chi connectivity index (χ4v) is 2.47. The quantitative estimate of drug-likeness (QED) is 0.847. The monoisotopic (exact) mass is 284 g/mol. The Labute approximate surface area is 125 Å². The molecule has 1 aliphatic heterocycles. The van der Waals surface area contributed by atoms with Gasteiger partial charge in [0, 0.05) is 18.7 Å². The van der Waals surface area contributed by atoms with Gasteiger partial charge in [0.1, 0.15) is 5.82 Å². The van der Waals surface area contributed by atoms with Gasteiger partial charge in [-0.3, -0.25) is 0 Å². The van der Waals surface area contributed by atoms with E-state index in [-0.39, 0.29) is 0 Å². The Balaban J connectivity index is 2.02. The van der Waals surface area contributed by atoms with E-state index in [0.717, 1.165) is 49.5 Å².